The van der Waals surface area contributed by atoms with Gasteiger partial charge in [0.25, 0.3) is 5.91 Å². The predicted molar refractivity (Wildman–Crippen MR) is 55.4 cm³/mol. The van der Waals surface area contributed by atoms with Gasteiger partial charge in [-0.25, -0.2) is 0 Å². The molecule has 0 unspecified atom stereocenters. The van der Waals surface area contributed by atoms with Crippen molar-refractivity contribution < 1.29 is 4.79 Å². The zero-order valence-electron chi connectivity index (χ0n) is 8.92. The maximum absolute atomic E-state index is 11.8. The van der Waals surface area contributed by atoms with Gasteiger partial charge in [0.15, 0.2) is 0 Å². The van der Waals surface area contributed by atoms with E-state index in [0.717, 1.165) is 25.7 Å². The van der Waals surface area contributed by atoms with Gasteiger partial charge in [0.2, 0.25) is 0 Å². The summed E-state index contributed by atoms with van der Waals surface area (Å²) in [5.41, 5.74) is 6.28. The highest BCUT2D eigenvalue weighted by Crippen LogP contribution is 2.42. The number of carbonyl (C=O) groups excluding carboxylic acids is 1. The number of hydrogen-bond donors (Lipinski definition) is 1. The lowest BCUT2D eigenvalue weighted by atomic mass is 9.79. The van der Waals surface area contributed by atoms with E-state index in [4.69, 9.17) is 11.0 Å². The van der Waals surface area contributed by atoms with Crippen molar-refractivity contribution >= 4 is 5.91 Å². The second-order valence-electron chi connectivity index (χ2n) is 4.36. The third-order valence-electron chi connectivity index (χ3n) is 3.72. The summed E-state index contributed by atoms with van der Waals surface area (Å²) >= 11 is 0. The van der Waals surface area contributed by atoms with Crippen molar-refractivity contribution in [3.63, 3.8) is 0 Å². The van der Waals surface area contributed by atoms with Gasteiger partial charge >= 0.3 is 0 Å². The van der Waals surface area contributed by atoms with E-state index in [1.165, 1.54) is 6.42 Å². The molecule has 1 heterocycles. The molecule has 0 saturated heterocycles. The number of nitrogens with zero attached hydrogens (tertiary/aromatic N) is 2. The van der Waals surface area contributed by atoms with E-state index >= 15 is 0 Å². The summed E-state index contributed by atoms with van der Waals surface area (Å²) in [4.78, 5) is 13.5. The first kappa shape index (κ1) is 10.0. The minimum absolute atomic E-state index is 0.152. The number of amides is 1. The Morgan fingerprint density at radius 3 is 2.47 bits per heavy atom. The lowest BCUT2D eigenvalue weighted by molar-refractivity contribution is -0.128. The first-order valence-corrected chi connectivity index (χ1v) is 5.32. The van der Waals surface area contributed by atoms with Gasteiger partial charge in [0.05, 0.1) is 11.2 Å². The monoisotopic (exact) mass is 205 g/mol. The van der Waals surface area contributed by atoms with E-state index in [1.54, 1.807) is 11.9 Å². The van der Waals surface area contributed by atoms with Crippen molar-refractivity contribution in [2.24, 2.45) is 5.73 Å². The van der Waals surface area contributed by atoms with Gasteiger partial charge in [-0.1, -0.05) is 19.3 Å². The first-order valence-electron chi connectivity index (χ1n) is 5.32. The number of nitrogens with two attached hydrogens (primary N) is 1. The molecule has 2 aliphatic rings. The van der Waals surface area contributed by atoms with E-state index < -0.39 is 0 Å². The van der Waals surface area contributed by atoms with Crippen molar-refractivity contribution in [3.05, 3.63) is 11.3 Å². The highest BCUT2D eigenvalue weighted by Gasteiger charge is 2.49. The topological polar surface area (TPSA) is 70.1 Å². The SMILES string of the molecule is CN1C(=O)C(C#N)=C(N)C12CCCCC2. The molecule has 15 heavy (non-hydrogen) atoms. The molecule has 0 bridgehead atoms. The highest BCUT2D eigenvalue weighted by molar-refractivity contribution is 6.01. The summed E-state index contributed by atoms with van der Waals surface area (Å²) in [6.07, 6.45) is 5.14. The molecule has 4 heteroatoms. The van der Waals surface area contributed by atoms with Crippen LogP contribution in [0.3, 0.4) is 0 Å². The van der Waals surface area contributed by atoms with Crippen LogP contribution >= 0.6 is 0 Å². The molecular weight excluding hydrogens is 190 g/mol. The smallest absolute Gasteiger partial charge is 0.266 e. The second kappa shape index (κ2) is 3.27. The Bertz CT molecular complexity index is 372. The van der Waals surface area contributed by atoms with Crippen LogP contribution in [0.25, 0.3) is 0 Å². The van der Waals surface area contributed by atoms with Crippen LogP contribution < -0.4 is 5.73 Å². The van der Waals surface area contributed by atoms with Crippen LogP contribution in [0.5, 0.6) is 0 Å². The van der Waals surface area contributed by atoms with Crippen LogP contribution in [-0.4, -0.2) is 23.4 Å². The van der Waals surface area contributed by atoms with E-state index in [0.29, 0.717) is 5.70 Å². The Kier molecular flexibility index (Phi) is 2.18. The number of nitriles is 1. The van der Waals surface area contributed by atoms with E-state index in [1.807, 2.05) is 6.07 Å². The quantitative estimate of drug-likeness (QED) is 0.638. The van der Waals surface area contributed by atoms with Gasteiger partial charge in [0.1, 0.15) is 11.6 Å². The van der Waals surface area contributed by atoms with Gasteiger partial charge in [-0.3, -0.25) is 4.79 Å². The number of likely N-dealkylation sites (N-methyl/N-ethyl adjacent to an activating group) is 1. The molecule has 0 aromatic rings. The summed E-state index contributed by atoms with van der Waals surface area (Å²) in [5, 5.41) is 8.90. The van der Waals surface area contributed by atoms with Gasteiger partial charge in [-0.05, 0) is 12.8 Å². The second-order valence-corrected chi connectivity index (χ2v) is 4.36. The van der Waals surface area contributed by atoms with Gasteiger partial charge < -0.3 is 10.6 Å². The normalized spacial score (nSPS) is 24.8. The lowest BCUT2D eigenvalue weighted by Crippen LogP contribution is -2.48. The molecule has 2 N–H and O–H groups in total. The lowest BCUT2D eigenvalue weighted by Gasteiger charge is -2.40. The molecule has 1 saturated carbocycles. The van der Waals surface area contributed by atoms with Crippen LogP contribution in [0.2, 0.25) is 0 Å². The van der Waals surface area contributed by atoms with E-state index in [-0.39, 0.29) is 17.0 Å². The average molecular weight is 205 g/mol. The maximum atomic E-state index is 11.8. The molecule has 0 radical (unpaired) electrons. The molecule has 1 aliphatic heterocycles. The fourth-order valence-corrected chi connectivity index (χ4v) is 2.74. The number of rotatable bonds is 0. The summed E-state index contributed by atoms with van der Waals surface area (Å²) in [6, 6.07) is 1.93. The van der Waals surface area contributed by atoms with Crippen LogP contribution in [0.15, 0.2) is 11.3 Å². The fourth-order valence-electron chi connectivity index (χ4n) is 2.74. The fraction of sp³-hybridized carbons (Fsp3) is 0.636. The molecule has 1 amide bonds. The molecule has 1 spiro atoms. The van der Waals surface area contributed by atoms with Crippen molar-refractivity contribution in [2.45, 2.75) is 37.6 Å². The number of carbonyl (C=O) groups is 1. The summed E-state index contributed by atoms with van der Waals surface area (Å²) in [6.45, 7) is 0. The van der Waals surface area contributed by atoms with Crippen molar-refractivity contribution in [3.8, 4) is 6.07 Å². The Hall–Kier alpha value is -1.50. The summed E-state index contributed by atoms with van der Waals surface area (Å²) in [5.74, 6) is -0.211. The molecule has 1 fully saturated rings. The van der Waals surface area contributed by atoms with Crippen LogP contribution in [0.1, 0.15) is 32.1 Å². The van der Waals surface area contributed by atoms with E-state index in [9.17, 15) is 4.79 Å². The van der Waals surface area contributed by atoms with Crippen LogP contribution in [0.4, 0.5) is 0 Å². The third-order valence-corrected chi connectivity index (χ3v) is 3.72. The van der Waals surface area contributed by atoms with Gasteiger partial charge in [-0.15, -0.1) is 0 Å². The predicted octanol–water partition coefficient (Wildman–Crippen LogP) is 0.898. The molecule has 0 aromatic heterocycles. The zero-order valence-corrected chi connectivity index (χ0v) is 8.92. The molecule has 80 valence electrons. The molecular formula is C11H15N3O. The van der Waals surface area contributed by atoms with Crippen molar-refractivity contribution in [1.82, 2.24) is 4.90 Å². The molecule has 2 rings (SSSR count). The van der Waals surface area contributed by atoms with Crippen LogP contribution in [0, 0.1) is 11.3 Å². The van der Waals surface area contributed by atoms with E-state index in [2.05, 4.69) is 0 Å². The molecule has 0 aromatic carbocycles. The largest absolute Gasteiger partial charge is 0.399 e. The minimum atomic E-state index is -0.347. The Morgan fingerprint density at radius 2 is 2.00 bits per heavy atom. The van der Waals surface area contributed by atoms with Crippen LogP contribution in [-0.2, 0) is 4.79 Å². The minimum Gasteiger partial charge on any atom is -0.399 e. The molecule has 4 nitrogen and oxygen atoms in total. The third kappa shape index (κ3) is 1.16. The molecule has 0 atom stereocenters. The van der Waals surface area contributed by atoms with Gasteiger partial charge in [0, 0.05) is 7.05 Å². The average Bonchev–Trinajstić information content (AvgIpc) is 2.43. The Balaban J connectivity index is 2.45. The Labute approximate surface area is 89.3 Å². The maximum Gasteiger partial charge on any atom is 0.266 e. The zero-order chi connectivity index (χ0) is 11.1. The standard InChI is InChI=1S/C11H15N3O/c1-14-10(15)8(7-12)9(13)11(14)5-3-2-4-6-11/h2-6,13H2,1H3. The number of hydrogen-bond acceptors (Lipinski definition) is 3. The van der Waals surface area contributed by atoms with Crippen molar-refractivity contribution in [1.29, 1.82) is 5.26 Å². The summed E-state index contributed by atoms with van der Waals surface area (Å²) < 4.78 is 0. The summed E-state index contributed by atoms with van der Waals surface area (Å²) in [7, 11) is 1.75. The highest BCUT2D eigenvalue weighted by atomic mass is 16.2. The van der Waals surface area contributed by atoms with Gasteiger partial charge in [-0.2, -0.15) is 5.26 Å². The van der Waals surface area contributed by atoms with Crippen molar-refractivity contribution in [2.75, 3.05) is 7.05 Å². The Morgan fingerprint density at radius 1 is 1.40 bits per heavy atom. The first-order chi connectivity index (χ1) is 7.13. The molecule has 1 aliphatic carbocycles.